The van der Waals surface area contributed by atoms with Gasteiger partial charge in [-0.05, 0) is 37.8 Å². The van der Waals surface area contributed by atoms with E-state index < -0.39 is 11.6 Å². The third-order valence-corrected chi connectivity index (χ3v) is 6.90. The Labute approximate surface area is 224 Å². The molecule has 0 atom stereocenters. The Hall–Kier alpha value is -4.09. The summed E-state index contributed by atoms with van der Waals surface area (Å²) in [6.07, 6.45) is 4.62. The van der Waals surface area contributed by atoms with Crippen LogP contribution in [0, 0.1) is 0 Å². The molecule has 38 heavy (non-hydrogen) atoms. The third-order valence-electron chi connectivity index (χ3n) is 6.57. The van der Waals surface area contributed by atoms with Gasteiger partial charge < -0.3 is 31.6 Å². The highest BCUT2D eigenvalue weighted by atomic mass is 35.5. The van der Waals surface area contributed by atoms with Crippen molar-refractivity contribution in [2.75, 3.05) is 24.9 Å². The second-order valence-electron chi connectivity index (χ2n) is 9.24. The fourth-order valence-electron chi connectivity index (χ4n) is 4.64. The predicted molar refractivity (Wildman–Crippen MR) is 146 cm³/mol. The summed E-state index contributed by atoms with van der Waals surface area (Å²) in [5.74, 6) is 1.19. The lowest BCUT2D eigenvalue weighted by atomic mass is 9.90. The molecule has 0 aliphatic heterocycles. The number of aromatic nitrogens is 4. The van der Waals surface area contributed by atoms with Crippen molar-refractivity contribution in [3.63, 3.8) is 0 Å². The predicted octanol–water partition coefficient (Wildman–Crippen LogP) is 4.34. The van der Waals surface area contributed by atoms with Gasteiger partial charge in [-0.15, -0.1) is 5.10 Å². The Morgan fingerprint density at radius 1 is 1.05 bits per heavy atom. The van der Waals surface area contributed by atoms with Crippen molar-refractivity contribution in [2.24, 2.45) is 11.5 Å². The number of carbonyl (C=O) groups is 1. The summed E-state index contributed by atoms with van der Waals surface area (Å²) < 4.78 is 12.2. The molecule has 6 N–H and O–H groups in total. The number of rotatable bonds is 8. The number of carbonyl (C=O) groups excluding carboxylic acids is 1. The monoisotopic (exact) mass is 536 g/mol. The zero-order valence-electron chi connectivity index (χ0n) is 21.1. The van der Waals surface area contributed by atoms with Gasteiger partial charge >= 0.3 is 0 Å². The van der Waals surface area contributed by atoms with Gasteiger partial charge in [-0.2, -0.15) is 9.50 Å². The largest absolute Gasteiger partial charge is 0.497 e. The highest BCUT2D eigenvalue weighted by Crippen LogP contribution is 2.34. The zero-order chi connectivity index (χ0) is 26.9. The molecule has 1 fully saturated rings. The molecule has 1 saturated carbocycles. The molecular weight excluding hydrogens is 508 g/mol. The normalized spacial score (nSPS) is 14.7. The van der Waals surface area contributed by atoms with Gasteiger partial charge in [0.1, 0.15) is 17.1 Å². The van der Waals surface area contributed by atoms with E-state index >= 15 is 0 Å². The number of primary amides is 1. The first-order chi connectivity index (χ1) is 18.3. The van der Waals surface area contributed by atoms with Crippen molar-refractivity contribution in [1.82, 2.24) is 19.6 Å². The number of amides is 1. The van der Waals surface area contributed by atoms with E-state index in [1.807, 2.05) is 12.1 Å². The number of nitrogens with two attached hydrogens (primary N) is 2. The Balaban J connectivity index is 1.70. The van der Waals surface area contributed by atoms with Crippen LogP contribution in [0.5, 0.6) is 11.5 Å². The number of nitrogens with one attached hydrogen (secondary N) is 2. The first kappa shape index (κ1) is 25.6. The van der Waals surface area contributed by atoms with Gasteiger partial charge in [0.15, 0.2) is 17.3 Å². The lowest BCUT2D eigenvalue weighted by Gasteiger charge is -2.34. The average molecular weight is 537 g/mol. The molecule has 0 bridgehead atoms. The van der Waals surface area contributed by atoms with E-state index in [-0.39, 0.29) is 17.0 Å². The first-order valence-electron chi connectivity index (χ1n) is 12.2. The summed E-state index contributed by atoms with van der Waals surface area (Å²) in [6.45, 7) is 0. The van der Waals surface area contributed by atoms with Crippen LogP contribution in [-0.4, -0.2) is 45.4 Å². The third kappa shape index (κ3) is 5.02. The molecule has 12 heteroatoms. The molecule has 0 saturated heterocycles. The van der Waals surface area contributed by atoms with Crippen LogP contribution in [-0.2, 0) is 0 Å². The van der Waals surface area contributed by atoms with Crippen molar-refractivity contribution >= 4 is 40.6 Å². The van der Waals surface area contributed by atoms with Gasteiger partial charge in [0.2, 0.25) is 5.95 Å². The number of benzene rings is 2. The molecule has 1 aliphatic rings. The standard InChI is InChI=1S/C26H29ClN8O3/c1-37-16-12-15(13-17(14-16)38-2)30-23-20(21(28)36)24-31-22(18-8-4-5-9-19(18)27)34-35(24)25(32-23)33-26(29)10-6-3-7-11-26/h4-5,8-9,12-14,30H,3,6-7,10-11,29H2,1-2H3,(H2,28,36)(H,32,33). The van der Waals surface area contributed by atoms with E-state index in [2.05, 4.69) is 20.7 Å². The van der Waals surface area contributed by atoms with E-state index in [0.717, 1.165) is 32.1 Å². The van der Waals surface area contributed by atoms with Gasteiger partial charge in [0.25, 0.3) is 5.91 Å². The molecule has 1 amide bonds. The summed E-state index contributed by atoms with van der Waals surface area (Å²) in [5.41, 5.74) is 13.3. The molecule has 198 valence electrons. The molecule has 4 aromatic rings. The van der Waals surface area contributed by atoms with Gasteiger partial charge in [0.05, 0.1) is 24.9 Å². The fraction of sp³-hybridized carbons (Fsp3) is 0.308. The van der Waals surface area contributed by atoms with Crippen LogP contribution < -0.4 is 31.6 Å². The average Bonchev–Trinajstić information content (AvgIpc) is 3.34. The number of fused-ring (bicyclic) bond motifs is 1. The summed E-state index contributed by atoms with van der Waals surface area (Å²) in [7, 11) is 3.11. The summed E-state index contributed by atoms with van der Waals surface area (Å²) >= 11 is 6.43. The van der Waals surface area contributed by atoms with E-state index in [9.17, 15) is 4.79 Å². The smallest absolute Gasteiger partial charge is 0.256 e. The van der Waals surface area contributed by atoms with Crippen LogP contribution in [0.4, 0.5) is 17.5 Å². The second kappa shape index (κ2) is 10.3. The second-order valence-corrected chi connectivity index (χ2v) is 9.65. The van der Waals surface area contributed by atoms with Gasteiger partial charge in [-0.25, -0.2) is 4.98 Å². The maximum absolute atomic E-state index is 12.8. The number of anilines is 3. The van der Waals surface area contributed by atoms with Gasteiger partial charge in [-0.1, -0.05) is 30.2 Å². The number of hydrogen-bond donors (Lipinski definition) is 4. The van der Waals surface area contributed by atoms with Gasteiger partial charge in [0, 0.05) is 29.4 Å². The van der Waals surface area contributed by atoms with E-state index in [0.29, 0.717) is 39.5 Å². The quantitative estimate of drug-likeness (QED) is 0.241. The van der Waals surface area contributed by atoms with Crippen molar-refractivity contribution in [1.29, 1.82) is 0 Å². The van der Waals surface area contributed by atoms with Crippen LogP contribution in [0.1, 0.15) is 42.5 Å². The Kier molecular flexibility index (Phi) is 6.96. The van der Waals surface area contributed by atoms with Crippen LogP contribution in [0.3, 0.4) is 0 Å². The highest BCUT2D eigenvalue weighted by Gasteiger charge is 2.31. The number of nitrogens with zero attached hydrogens (tertiary/aromatic N) is 4. The van der Waals surface area contributed by atoms with E-state index in [1.54, 1.807) is 44.6 Å². The minimum absolute atomic E-state index is 0.0536. The minimum Gasteiger partial charge on any atom is -0.497 e. The fourth-order valence-corrected chi connectivity index (χ4v) is 4.86. The van der Waals surface area contributed by atoms with Crippen molar-refractivity contribution < 1.29 is 14.3 Å². The topological polar surface area (TPSA) is 155 Å². The number of hydrogen-bond acceptors (Lipinski definition) is 9. The number of ether oxygens (including phenoxy) is 2. The summed E-state index contributed by atoms with van der Waals surface area (Å²) in [5, 5.41) is 11.7. The number of halogens is 1. The van der Waals surface area contributed by atoms with Gasteiger partial charge in [-0.3, -0.25) is 4.79 Å². The van der Waals surface area contributed by atoms with Crippen LogP contribution in [0.2, 0.25) is 5.02 Å². The maximum Gasteiger partial charge on any atom is 0.256 e. The Bertz CT molecular complexity index is 1480. The molecule has 1 aliphatic carbocycles. The minimum atomic E-state index is -0.732. The lowest BCUT2D eigenvalue weighted by Crippen LogP contribution is -2.49. The SMILES string of the molecule is COc1cc(Nc2nc(NC3(N)CCCCC3)n3nc(-c4ccccc4Cl)nc3c2C(N)=O)cc(OC)c1. The lowest BCUT2D eigenvalue weighted by molar-refractivity contribution is 0.100. The maximum atomic E-state index is 12.8. The molecule has 0 unspecified atom stereocenters. The van der Waals surface area contributed by atoms with Crippen LogP contribution in [0.25, 0.3) is 17.0 Å². The van der Waals surface area contributed by atoms with Crippen LogP contribution >= 0.6 is 11.6 Å². The molecule has 2 aromatic carbocycles. The highest BCUT2D eigenvalue weighted by molar-refractivity contribution is 6.33. The Morgan fingerprint density at radius 3 is 2.37 bits per heavy atom. The van der Waals surface area contributed by atoms with Crippen molar-refractivity contribution in [3.05, 3.63) is 53.1 Å². The molecule has 0 spiro atoms. The molecule has 2 aromatic heterocycles. The Morgan fingerprint density at radius 2 is 1.74 bits per heavy atom. The molecule has 11 nitrogen and oxygen atoms in total. The van der Waals surface area contributed by atoms with E-state index in [4.69, 9.17) is 37.5 Å². The molecule has 5 rings (SSSR count). The summed E-state index contributed by atoms with van der Waals surface area (Å²) in [6, 6.07) is 12.4. The molecule has 2 heterocycles. The van der Waals surface area contributed by atoms with Crippen LogP contribution in [0.15, 0.2) is 42.5 Å². The molecular formula is C26H29ClN8O3. The number of methoxy groups -OCH3 is 2. The zero-order valence-corrected chi connectivity index (χ0v) is 21.9. The van der Waals surface area contributed by atoms with E-state index in [1.165, 1.54) is 4.52 Å². The summed E-state index contributed by atoms with van der Waals surface area (Å²) in [4.78, 5) is 22.2. The first-order valence-corrected chi connectivity index (χ1v) is 12.6. The van der Waals surface area contributed by atoms with Crippen molar-refractivity contribution in [3.8, 4) is 22.9 Å². The molecule has 0 radical (unpaired) electrons. The van der Waals surface area contributed by atoms with Crippen molar-refractivity contribution in [2.45, 2.75) is 37.8 Å².